The lowest BCUT2D eigenvalue weighted by atomic mass is 10.2. The van der Waals surface area contributed by atoms with E-state index in [0.29, 0.717) is 10.0 Å². The third kappa shape index (κ3) is 4.97. The van der Waals surface area contributed by atoms with Crippen molar-refractivity contribution in [2.45, 2.75) is 0 Å². The van der Waals surface area contributed by atoms with E-state index in [2.05, 4.69) is 21.2 Å². The number of amides is 1. The summed E-state index contributed by atoms with van der Waals surface area (Å²) in [6.45, 7) is 0.0842. The van der Waals surface area contributed by atoms with Gasteiger partial charge in [-0.2, -0.15) is 0 Å². The first kappa shape index (κ1) is 13.7. The van der Waals surface area contributed by atoms with Crippen molar-refractivity contribution >= 4 is 27.8 Å². The predicted octanol–water partition coefficient (Wildman–Crippen LogP) is 1.28. The number of benzene rings is 1. The second-order valence-electron chi connectivity index (χ2n) is 3.18. The molecule has 0 aromatic heterocycles. The lowest BCUT2D eigenvalue weighted by molar-refractivity contribution is -0.142. The van der Waals surface area contributed by atoms with E-state index in [1.807, 2.05) is 6.07 Å². The number of rotatable bonds is 6. The Labute approximate surface area is 107 Å². The van der Waals surface area contributed by atoms with Gasteiger partial charge >= 0.3 is 5.97 Å². The van der Waals surface area contributed by atoms with Gasteiger partial charge < -0.3 is 15.2 Å². The van der Waals surface area contributed by atoms with E-state index in [4.69, 9.17) is 9.84 Å². The molecule has 0 aliphatic rings. The SMILES string of the molecule is O=C(O)COCCNC(=O)c1ccccc1Br. The van der Waals surface area contributed by atoms with Crippen molar-refractivity contribution in [3.63, 3.8) is 0 Å². The molecule has 92 valence electrons. The number of ether oxygens (including phenoxy) is 1. The van der Waals surface area contributed by atoms with Gasteiger partial charge in [0.05, 0.1) is 12.2 Å². The smallest absolute Gasteiger partial charge is 0.329 e. The number of aliphatic carboxylic acids is 1. The Kier molecular flexibility index (Phi) is 5.65. The molecule has 17 heavy (non-hydrogen) atoms. The van der Waals surface area contributed by atoms with Gasteiger partial charge in [-0.25, -0.2) is 4.79 Å². The maximum absolute atomic E-state index is 11.6. The number of hydrogen-bond donors (Lipinski definition) is 2. The number of hydrogen-bond acceptors (Lipinski definition) is 3. The number of carboxylic acid groups (broad SMARTS) is 1. The fourth-order valence-corrected chi connectivity index (χ4v) is 1.60. The van der Waals surface area contributed by atoms with Crippen molar-refractivity contribution in [1.29, 1.82) is 0 Å². The quantitative estimate of drug-likeness (QED) is 0.776. The van der Waals surface area contributed by atoms with Gasteiger partial charge in [0.15, 0.2) is 0 Å². The third-order valence-corrected chi connectivity index (χ3v) is 2.57. The average Bonchev–Trinajstić information content (AvgIpc) is 2.28. The minimum Gasteiger partial charge on any atom is -0.480 e. The van der Waals surface area contributed by atoms with Crippen molar-refractivity contribution in [3.8, 4) is 0 Å². The lowest BCUT2D eigenvalue weighted by Crippen LogP contribution is -2.28. The van der Waals surface area contributed by atoms with Gasteiger partial charge in [-0.1, -0.05) is 12.1 Å². The Balaban J connectivity index is 2.31. The minimum atomic E-state index is -1.03. The van der Waals surface area contributed by atoms with Crippen LogP contribution >= 0.6 is 15.9 Å². The first-order chi connectivity index (χ1) is 8.11. The number of carbonyl (C=O) groups is 2. The summed E-state index contributed by atoms with van der Waals surface area (Å²) in [6.07, 6.45) is 0. The van der Waals surface area contributed by atoms with Crippen LogP contribution in [0.2, 0.25) is 0 Å². The molecule has 1 aromatic carbocycles. The summed E-state index contributed by atoms with van der Waals surface area (Å²) >= 11 is 3.27. The monoisotopic (exact) mass is 301 g/mol. The van der Waals surface area contributed by atoms with Gasteiger partial charge in [0, 0.05) is 11.0 Å². The third-order valence-electron chi connectivity index (χ3n) is 1.88. The van der Waals surface area contributed by atoms with E-state index in [9.17, 15) is 9.59 Å². The average molecular weight is 302 g/mol. The van der Waals surface area contributed by atoms with Crippen LogP contribution in [0.3, 0.4) is 0 Å². The second kappa shape index (κ2) is 7.03. The fraction of sp³-hybridized carbons (Fsp3) is 0.273. The molecule has 0 aliphatic heterocycles. The summed E-state index contributed by atoms with van der Waals surface area (Å²) in [6, 6.07) is 7.05. The molecule has 1 amide bonds. The maximum atomic E-state index is 11.6. The van der Waals surface area contributed by atoms with E-state index in [-0.39, 0.29) is 25.7 Å². The first-order valence-corrected chi connectivity index (χ1v) is 5.73. The molecule has 0 bridgehead atoms. The molecule has 0 unspecified atom stereocenters. The van der Waals surface area contributed by atoms with E-state index in [1.165, 1.54) is 0 Å². The molecule has 6 heteroatoms. The van der Waals surface area contributed by atoms with Crippen molar-refractivity contribution in [1.82, 2.24) is 5.32 Å². The molecule has 0 saturated heterocycles. The second-order valence-corrected chi connectivity index (χ2v) is 4.04. The summed E-state index contributed by atoms with van der Waals surface area (Å²) in [5, 5.41) is 10.9. The van der Waals surface area contributed by atoms with Crippen LogP contribution < -0.4 is 5.32 Å². The summed E-state index contributed by atoms with van der Waals surface area (Å²) in [4.78, 5) is 21.8. The fourth-order valence-electron chi connectivity index (χ4n) is 1.14. The number of halogens is 1. The molecule has 0 aliphatic carbocycles. The van der Waals surface area contributed by atoms with E-state index in [1.54, 1.807) is 18.2 Å². The van der Waals surface area contributed by atoms with Crippen molar-refractivity contribution < 1.29 is 19.4 Å². The van der Waals surface area contributed by atoms with Crippen LogP contribution in [0.15, 0.2) is 28.7 Å². The zero-order chi connectivity index (χ0) is 12.7. The Bertz CT molecular complexity index is 408. The van der Waals surface area contributed by atoms with Crippen LogP contribution in [0, 0.1) is 0 Å². The standard InChI is InChI=1S/C11H12BrNO4/c12-9-4-2-1-3-8(9)11(16)13-5-6-17-7-10(14)15/h1-4H,5-7H2,(H,13,16)(H,14,15). The van der Waals surface area contributed by atoms with Crippen LogP contribution in [0.5, 0.6) is 0 Å². The largest absolute Gasteiger partial charge is 0.480 e. The summed E-state index contributed by atoms with van der Waals surface area (Å²) < 4.78 is 5.50. The molecule has 0 fully saturated rings. The van der Waals surface area contributed by atoms with E-state index in [0.717, 1.165) is 0 Å². The first-order valence-electron chi connectivity index (χ1n) is 4.93. The Morgan fingerprint density at radius 1 is 1.35 bits per heavy atom. The molecule has 2 N–H and O–H groups in total. The van der Waals surface area contributed by atoms with Gasteiger partial charge in [-0.15, -0.1) is 0 Å². The van der Waals surface area contributed by atoms with Crippen molar-refractivity contribution in [3.05, 3.63) is 34.3 Å². The predicted molar refractivity (Wildman–Crippen MR) is 64.9 cm³/mol. The van der Waals surface area contributed by atoms with Gasteiger partial charge in [-0.3, -0.25) is 4.79 Å². The van der Waals surface area contributed by atoms with Crippen LogP contribution in [-0.2, 0) is 9.53 Å². The van der Waals surface area contributed by atoms with Gasteiger partial charge in [0.25, 0.3) is 5.91 Å². The Morgan fingerprint density at radius 3 is 2.71 bits per heavy atom. The molecule has 0 spiro atoms. The van der Waals surface area contributed by atoms with Crippen LogP contribution in [0.25, 0.3) is 0 Å². The molecule has 1 aromatic rings. The van der Waals surface area contributed by atoms with E-state index >= 15 is 0 Å². The highest BCUT2D eigenvalue weighted by Gasteiger charge is 2.07. The van der Waals surface area contributed by atoms with Crippen LogP contribution in [0.4, 0.5) is 0 Å². The zero-order valence-corrected chi connectivity index (χ0v) is 10.6. The van der Waals surface area contributed by atoms with Crippen molar-refractivity contribution in [2.24, 2.45) is 0 Å². The lowest BCUT2D eigenvalue weighted by Gasteiger charge is -2.06. The number of carboxylic acids is 1. The highest BCUT2D eigenvalue weighted by molar-refractivity contribution is 9.10. The Hall–Kier alpha value is -1.40. The van der Waals surface area contributed by atoms with Crippen LogP contribution in [-0.4, -0.2) is 36.7 Å². The summed E-state index contributed by atoms with van der Waals surface area (Å²) in [5.41, 5.74) is 0.533. The molecule has 5 nitrogen and oxygen atoms in total. The van der Waals surface area contributed by atoms with Gasteiger partial charge in [-0.05, 0) is 28.1 Å². The van der Waals surface area contributed by atoms with E-state index < -0.39 is 5.97 Å². The van der Waals surface area contributed by atoms with Crippen molar-refractivity contribution in [2.75, 3.05) is 19.8 Å². The zero-order valence-electron chi connectivity index (χ0n) is 8.98. The molecule has 1 rings (SSSR count). The topological polar surface area (TPSA) is 75.6 Å². The highest BCUT2D eigenvalue weighted by atomic mass is 79.9. The molecule has 0 saturated carbocycles. The highest BCUT2D eigenvalue weighted by Crippen LogP contribution is 2.15. The molecular weight excluding hydrogens is 290 g/mol. The molecule has 0 heterocycles. The Morgan fingerprint density at radius 2 is 2.06 bits per heavy atom. The van der Waals surface area contributed by atoms with Gasteiger partial charge in [0.2, 0.25) is 0 Å². The minimum absolute atomic E-state index is 0.169. The maximum Gasteiger partial charge on any atom is 0.329 e. The van der Waals surface area contributed by atoms with Crippen LogP contribution in [0.1, 0.15) is 10.4 Å². The molecular formula is C11H12BrNO4. The van der Waals surface area contributed by atoms with Gasteiger partial charge in [0.1, 0.15) is 6.61 Å². The molecule has 0 atom stereocenters. The number of carbonyl (C=O) groups excluding carboxylic acids is 1. The summed E-state index contributed by atoms with van der Waals surface area (Å²) in [5.74, 6) is -1.25. The normalized spacial score (nSPS) is 9.94. The molecule has 0 radical (unpaired) electrons. The number of nitrogens with one attached hydrogen (secondary N) is 1. The summed E-state index contributed by atoms with van der Waals surface area (Å²) in [7, 11) is 0.